The Morgan fingerprint density at radius 3 is 2.64 bits per heavy atom. The lowest BCUT2D eigenvalue weighted by Gasteiger charge is -2.04. The molecule has 25 heavy (non-hydrogen) atoms. The number of hydrogen-bond donors (Lipinski definition) is 2. The van der Waals surface area contributed by atoms with E-state index in [2.05, 4.69) is 27.4 Å². The van der Waals surface area contributed by atoms with E-state index in [0.29, 0.717) is 5.56 Å². The second kappa shape index (κ2) is 6.22. The summed E-state index contributed by atoms with van der Waals surface area (Å²) in [5, 5.41) is 5.28. The van der Waals surface area contributed by atoms with Crippen LogP contribution in [0.25, 0.3) is 16.5 Å². The van der Waals surface area contributed by atoms with Gasteiger partial charge in [0.05, 0.1) is 5.57 Å². The number of para-hydroxylation sites is 1. The monoisotopic (exact) mass is 351 g/mol. The Hall–Kier alpha value is -2.86. The molecule has 126 valence electrons. The molecule has 2 aromatic heterocycles. The first-order valence-electron chi connectivity index (χ1n) is 8.11. The van der Waals surface area contributed by atoms with E-state index >= 15 is 0 Å². The first-order chi connectivity index (χ1) is 12.1. The highest BCUT2D eigenvalue weighted by molar-refractivity contribution is 7.09. The molecule has 0 saturated carbocycles. The maximum absolute atomic E-state index is 12.1. The number of thiophene rings is 1. The third-order valence-corrected chi connectivity index (χ3v) is 5.36. The fraction of sp³-hybridized carbons (Fsp3) is 0.158. The molecule has 4 rings (SSSR count). The molecule has 0 radical (unpaired) electrons. The van der Waals surface area contributed by atoms with Crippen LogP contribution in [0.5, 0.6) is 0 Å². The third-order valence-electron chi connectivity index (χ3n) is 4.43. The third kappa shape index (κ3) is 2.74. The highest BCUT2D eigenvalue weighted by atomic mass is 32.1. The minimum atomic E-state index is -0.519. The van der Waals surface area contributed by atoms with Crippen molar-refractivity contribution in [2.24, 2.45) is 5.73 Å². The Morgan fingerprint density at radius 1 is 1.08 bits per heavy atom. The van der Waals surface area contributed by atoms with Crippen molar-refractivity contribution in [1.82, 2.24) is 9.88 Å². The van der Waals surface area contributed by atoms with Crippen LogP contribution < -0.4 is 11.1 Å². The molecule has 2 amide bonds. The molecule has 0 atom stereocenters. The van der Waals surface area contributed by atoms with E-state index in [4.69, 9.17) is 5.73 Å². The Kier molecular flexibility index (Phi) is 3.89. The van der Waals surface area contributed by atoms with Crippen molar-refractivity contribution in [2.75, 3.05) is 0 Å². The molecular formula is C19H17N3O2S. The van der Waals surface area contributed by atoms with Crippen LogP contribution in [0.2, 0.25) is 0 Å². The lowest BCUT2D eigenvalue weighted by atomic mass is 10.0. The highest BCUT2D eigenvalue weighted by Gasteiger charge is 2.31. The molecule has 3 aromatic rings. The Bertz CT molecular complexity index is 999. The van der Waals surface area contributed by atoms with Crippen molar-refractivity contribution in [1.29, 1.82) is 0 Å². The summed E-state index contributed by atoms with van der Waals surface area (Å²) < 4.78 is 2.13. The van der Waals surface area contributed by atoms with Gasteiger partial charge in [-0.3, -0.25) is 14.9 Å². The van der Waals surface area contributed by atoms with Gasteiger partial charge in [0.25, 0.3) is 11.8 Å². The molecule has 5 nitrogen and oxygen atoms in total. The zero-order chi connectivity index (χ0) is 17.4. The zero-order valence-electron chi connectivity index (χ0n) is 13.5. The van der Waals surface area contributed by atoms with Gasteiger partial charge in [-0.15, -0.1) is 11.3 Å². The summed E-state index contributed by atoms with van der Waals surface area (Å²) in [6, 6.07) is 12.1. The molecule has 3 heterocycles. The van der Waals surface area contributed by atoms with E-state index in [1.54, 1.807) is 11.3 Å². The Morgan fingerprint density at radius 2 is 1.92 bits per heavy atom. The van der Waals surface area contributed by atoms with Gasteiger partial charge in [-0.05, 0) is 30.4 Å². The molecule has 1 aliphatic heterocycles. The molecule has 3 N–H and O–H groups in total. The predicted molar refractivity (Wildman–Crippen MR) is 98.8 cm³/mol. The number of amides is 2. The average Bonchev–Trinajstić information content (AvgIpc) is 3.29. The first-order valence-corrected chi connectivity index (χ1v) is 8.99. The van der Waals surface area contributed by atoms with Crippen LogP contribution in [0.1, 0.15) is 16.9 Å². The quantitative estimate of drug-likeness (QED) is 0.694. The number of benzene rings is 1. The van der Waals surface area contributed by atoms with Gasteiger partial charge in [0.1, 0.15) is 5.70 Å². The molecule has 0 bridgehead atoms. The number of carbonyl (C=O) groups excluding carboxylic acids is 2. The SMILES string of the molecule is NC1=C(c2cn(CCCc3cccs3)c3ccccc23)C(=O)NC1=O. The summed E-state index contributed by atoms with van der Waals surface area (Å²) in [5.74, 6) is -0.946. The number of fused-ring (bicyclic) bond motifs is 1. The predicted octanol–water partition coefficient (Wildman–Crippen LogP) is 2.66. The van der Waals surface area contributed by atoms with Crippen molar-refractivity contribution < 1.29 is 9.59 Å². The lowest BCUT2D eigenvalue weighted by molar-refractivity contribution is -0.123. The standard InChI is InChI=1S/C19H17N3O2S/c20-17-16(18(23)21-19(17)24)14-11-22(15-8-2-1-7-13(14)15)9-3-5-12-6-4-10-25-12/h1-2,4,6-8,10-11H,3,5,9H2,(H3,20,21,23,24). The van der Waals surface area contributed by atoms with Gasteiger partial charge in [0, 0.05) is 34.1 Å². The minimum Gasteiger partial charge on any atom is -0.394 e. The van der Waals surface area contributed by atoms with E-state index < -0.39 is 11.8 Å². The summed E-state index contributed by atoms with van der Waals surface area (Å²) in [6.45, 7) is 0.834. The maximum Gasteiger partial charge on any atom is 0.274 e. The maximum atomic E-state index is 12.1. The summed E-state index contributed by atoms with van der Waals surface area (Å²) in [5.41, 5.74) is 7.87. The number of hydrogen-bond acceptors (Lipinski definition) is 4. The van der Waals surface area contributed by atoms with Crippen molar-refractivity contribution in [2.45, 2.75) is 19.4 Å². The average molecular weight is 351 g/mol. The summed E-state index contributed by atoms with van der Waals surface area (Å²) >= 11 is 1.76. The van der Waals surface area contributed by atoms with Crippen LogP contribution in [0.15, 0.2) is 53.7 Å². The van der Waals surface area contributed by atoms with Gasteiger partial charge in [-0.1, -0.05) is 24.3 Å². The second-order valence-corrected chi connectivity index (χ2v) is 7.04. The smallest absolute Gasteiger partial charge is 0.274 e. The number of nitrogens with two attached hydrogens (primary N) is 1. The van der Waals surface area contributed by atoms with Crippen molar-refractivity contribution >= 4 is 39.6 Å². The van der Waals surface area contributed by atoms with Gasteiger partial charge in [-0.25, -0.2) is 0 Å². The fourth-order valence-corrected chi connectivity index (χ4v) is 4.00. The normalized spacial score (nSPS) is 14.6. The van der Waals surface area contributed by atoms with Crippen LogP contribution in [0.3, 0.4) is 0 Å². The molecule has 0 fully saturated rings. The van der Waals surface area contributed by atoms with Gasteiger partial charge in [-0.2, -0.15) is 0 Å². The topological polar surface area (TPSA) is 77.1 Å². The summed E-state index contributed by atoms with van der Waals surface area (Å²) in [6.07, 6.45) is 3.95. The highest BCUT2D eigenvalue weighted by Crippen LogP contribution is 2.30. The van der Waals surface area contributed by atoms with Crippen LogP contribution in [-0.4, -0.2) is 16.4 Å². The minimum absolute atomic E-state index is 0.00788. The van der Waals surface area contributed by atoms with Crippen LogP contribution >= 0.6 is 11.3 Å². The number of nitrogens with one attached hydrogen (secondary N) is 1. The molecular weight excluding hydrogens is 334 g/mol. The molecule has 0 aliphatic carbocycles. The fourth-order valence-electron chi connectivity index (χ4n) is 3.25. The Labute approximate surface area is 148 Å². The zero-order valence-corrected chi connectivity index (χ0v) is 14.3. The number of carbonyl (C=O) groups is 2. The molecule has 0 unspecified atom stereocenters. The summed E-state index contributed by atoms with van der Waals surface area (Å²) in [7, 11) is 0. The van der Waals surface area contributed by atoms with E-state index in [9.17, 15) is 9.59 Å². The number of aromatic nitrogens is 1. The number of aryl methyl sites for hydroxylation is 2. The van der Waals surface area contributed by atoms with Gasteiger partial charge >= 0.3 is 0 Å². The molecule has 1 aromatic carbocycles. The van der Waals surface area contributed by atoms with Crippen LogP contribution in [0.4, 0.5) is 0 Å². The molecule has 6 heteroatoms. The largest absolute Gasteiger partial charge is 0.394 e. The van der Waals surface area contributed by atoms with E-state index in [1.165, 1.54) is 4.88 Å². The molecule has 1 aliphatic rings. The number of rotatable bonds is 5. The molecule has 0 saturated heterocycles. The van der Waals surface area contributed by atoms with Gasteiger partial charge < -0.3 is 10.3 Å². The van der Waals surface area contributed by atoms with Crippen LogP contribution in [-0.2, 0) is 22.6 Å². The van der Waals surface area contributed by atoms with E-state index in [1.807, 2.05) is 30.5 Å². The summed E-state index contributed by atoms with van der Waals surface area (Å²) in [4.78, 5) is 25.2. The Balaban J connectivity index is 1.69. The van der Waals surface area contributed by atoms with E-state index in [-0.39, 0.29) is 11.3 Å². The first kappa shape index (κ1) is 15.7. The lowest BCUT2D eigenvalue weighted by Crippen LogP contribution is -2.24. The van der Waals surface area contributed by atoms with Crippen LogP contribution in [0, 0.1) is 0 Å². The number of nitrogens with zero attached hydrogens (tertiary/aromatic N) is 1. The van der Waals surface area contributed by atoms with Gasteiger partial charge in [0.2, 0.25) is 0 Å². The number of imide groups is 1. The van der Waals surface area contributed by atoms with Crippen molar-refractivity contribution in [3.63, 3.8) is 0 Å². The van der Waals surface area contributed by atoms with E-state index in [0.717, 1.165) is 30.3 Å². The van der Waals surface area contributed by atoms with Crippen molar-refractivity contribution in [3.05, 3.63) is 64.1 Å². The molecule has 0 spiro atoms. The van der Waals surface area contributed by atoms with Gasteiger partial charge in [0.15, 0.2) is 0 Å². The van der Waals surface area contributed by atoms with Crippen molar-refractivity contribution in [3.8, 4) is 0 Å². The second-order valence-electron chi connectivity index (χ2n) is 6.01.